The Labute approximate surface area is 138 Å². The molecule has 0 aliphatic rings. The first-order valence-electron chi connectivity index (χ1n) is 6.98. The Hall–Kier alpha value is -1.60. The Morgan fingerprint density at radius 2 is 2.09 bits per heavy atom. The summed E-state index contributed by atoms with van der Waals surface area (Å²) in [7, 11) is 5.55. The van der Waals surface area contributed by atoms with Crippen LogP contribution in [0.25, 0.3) is 0 Å². The topological polar surface area (TPSA) is 54.5 Å². The summed E-state index contributed by atoms with van der Waals surface area (Å²) in [4.78, 5) is 21.6. The van der Waals surface area contributed by atoms with Gasteiger partial charge in [0.1, 0.15) is 10.6 Å². The van der Waals surface area contributed by atoms with Crippen LogP contribution in [0.4, 0.5) is 5.13 Å². The lowest BCUT2D eigenvalue weighted by Gasteiger charge is -2.06. The third-order valence-electron chi connectivity index (χ3n) is 3.15. The molecule has 5 nitrogen and oxygen atoms in total. The largest absolute Gasteiger partial charge is 0.495 e. The molecule has 0 atom stereocenters. The van der Waals surface area contributed by atoms with Gasteiger partial charge >= 0.3 is 0 Å². The highest BCUT2D eigenvalue weighted by molar-refractivity contribution is 7.15. The number of thiazole rings is 1. The van der Waals surface area contributed by atoms with Crippen LogP contribution in [0.5, 0.6) is 5.75 Å². The number of ether oxygens (including phenoxy) is 1. The van der Waals surface area contributed by atoms with Gasteiger partial charge in [-0.3, -0.25) is 4.79 Å². The highest BCUT2D eigenvalue weighted by Crippen LogP contribution is 2.28. The lowest BCUT2D eigenvalue weighted by Crippen LogP contribution is -2.25. The zero-order chi connectivity index (χ0) is 16.3. The van der Waals surface area contributed by atoms with E-state index < -0.39 is 0 Å². The van der Waals surface area contributed by atoms with Gasteiger partial charge in [0.2, 0.25) is 0 Å². The number of carbonyl (C=O) groups is 1. The number of amides is 1. The molecule has 0 radical (unpaired) electrons. The molecule has 0 aliphatic heterocycles. The number of methoxy groups -OCH3 is 1. The van der Waals surface area contributed by atoms with E-state index in [0.29, 0.717) is 17.2 Å². The predicted octanol–water partition coefficient (Wildman–Crippen LogP) is 2.87. The van der Waals surface area contributed by atoms with Crippen LogP contribution in [0.1, 0.15) is 25.1 Å². The van der Waals surface area contributed by atoms with Crippen LogP contribution in [0, 0.1) is 13.8 Å². The average molecular weight is 339 g/mol. The van der Waals surface area contributed by atoms with Crippen molar-refractivity contribution in [1.29, 1.82) is 0 Å². The van der Waals surface area contributed by atoms with Crippen LogP contribution in [-0.4, -0.2) is 38.6 Å². The van der Waals surface area contributed by atoms with Gasteiger partial charge in [0.05, 0.1) is 12.8 Å². The number of nitrogens with one attached hydrogen (secondary N) is 1. The monoisotopic (exact) mass is 339 g/mol. The van der Waals surface area contributed by atoms with E-state index >= 15 is 0 Å². The van der Waals surface area contributed by atoms with Crippen molar-refractivity contribution >= 4 is 33.7 Å². The van der Waals surface area contributed by atoms with Crippen molar-refractivity contribution in [2.75, 3.05) is 32.6 Å². The molecule has 1 amide bonds. The number of aryl methyl sites for hydroxylation is 2. The molecule has 0 unspecified atom stereocenters. The molecule has 7 heteroatoms. The van der Waals surface area contributed by atoms with E-state index in [4.69, 9.17) is 4.74 Å². The maximum atomic E-state index is 12.2. The van der Waals surface area contributed by atoms with Gasteiger partial charge < -0.3 is 15.0 Å². The number of aromatic nitrogens is 1. The molecule has 0 spiro atoms. The SMILES string of the molecule is COc1cc(C)sc1C(=O)NCCc1sc(N(C)C)nc1C. The first-order chi connectivity index (χ1) is 10.4. The van der Waals surface area contributed by atoms with Gasteiger partial charge in [-0.2, -0.15) is 0 Å². The van der Waals surface area contributed by atoms with Gasteiger partial charge in [-0.15, -0.1) is 22.7 Å². The van der Waals surface area contributed by atoms with Crippen LogP contribution in [0.15, 0.2) is 6.07 Å². The molecule has 22 heavy (non-hydrogen) atoms. The minimum absolute atomic E-state index is 0.0787. The van der Waals surface area contributed by atoms with E-state index in [1.807, 2.05) is 38.9 Å². The van der Waals surface area contributed by atoms with Crippen molar-refractivity contribution in [1.82, 2.24) is 10.3 Å². The number of rotatable bonds is 6. The van der Waals surface area contributed by atoms with Crippen LogP contribution in [0.2, 0.25) is 0 Å². The summed E-state index contributed by atoms with van der Waals surface area (Å²) < 4.78 is 5.24. The first kappa shape index (κ1) is 16.8. The van der Waals surface area contributed by atoms with Crippen molar-refractivity contribution in [2.45, 2.75) is 20.3 Å². The molecule has 120 valence electrons. The molecular weight excluding hydrogens is 318 g/mol. The van der Waals surface area contributed by atoms with Gasteiger partial charge in [-0.05, 0) is 19.9 Å². The minimum atomic E-state index is -0.0787. The lowest BCUT2D eigenvalue weighted by atomic mass is 10.3. The van der Waals surface area contributed by atoms with Crippen LogP contribution in [0.3, 0.4) is 0 Å². The molecule has 2 rings (SSSR count). The quantitative estimate of drug-likeness (QED) is 0.879. The summed E-state index contributed by atoms with van der Waals surface area (Å²) in [5.41, 5.74) is 1.03. The van der Waals surface area contributed by atoms with Gasteiger partial charge in [0, 0.05) is 36.8 Å². The first-order valence-corrected chi connectivity index (χ1v) is 8.62. The average Bonchev–Trinajstić information content (AvgIpc) is 3.02. The van der Waals surface area contributed by atoms with Crippen molar-refractivity contribution in [3.05, 3.63) is 26.4 Å². The number of nitrogens with zero attached hydrogens (tertiary/aromatic N) is 2. The Morgan fingerprint density at radius 3 is 2.68 bits per heavy atom. The molecule has 0 fully saturated rings. The number of hydrogen-bond donors (Lipinski definition) is 1. The summed E-state index contributed by atoms with van der Waals surface area (Å²) in [6, 6.07) is 1.89. The second kappa shape index (κ2) is 7.11. The Kier molecular flexibility index (Phi) is 5.42. The summed E-state index contributed by atoms with van der Waals surface area (Å²) in [5, 5.41) is 3.95. The van der Waals surface area contributed by atoms with Gasteiger partial charge in [0.25, 0.3) is 5.91 Å². The van der Waals surface area contributed by atoms with Gasteiger partial charge in [0.15, 0.2) is 5.13 Å². The molecule has 2 heterocycles. The maximum absolute atomic E-state index is 12.2. The second-order valence-corrected chi connectivity index (χ2v) is 7.48. The van der Waals surface area contributed by atoms with E-state index in [-0.39, 0.29) is 5.91 Å². The standard InChI is InChI=1S/C15H21N3O2S2/c1-9-8-11(20-5)13(21-9)14(19)16-7-6-12-10(2)17-15(22-12)18(3)4/h8H,6-7H2,1-5H3,(H,16,19). The van der Waals surface area contributed by atoms with E-state index in [2.05, 4.69) is 10.3 Å². The lowest BCUT2D eigenvalue weighted by molar-refractivity contribution is 0.0955. The normalized spacial score (nSPS) is 10.6. The Morgan fingerprint density at radius 1 is 1.36 bits per heavy atom. The van der Waals surface area contributed by atoms with E-state index in [1.54, 1.807) is 18.4 Å². The molecule has 2 aromatic heterocycles. The van der Waals surface area contributed by atoms with Crippen LogP contribution in [-0.2, 0) is 6.42 Å². The second-order valence-electron chi connectivity index (χ2n) is 5.16. The smallest absolute Gasteiger partial charge is 0.265 e. The summed E-state index contributed by atoms with van der Waals surface area (Å²) in [6.45, 7) is 4.56. The van der Waals surface area contributed by atoms with Gasteiger partial charge in [-0.25, -0.2) is 4.98 Å². The summed E-state index contributed by atoms with van der Waals surface area (Å²) in [5.74, 6) is 0.564. The molecule has 0 saturated carbocycles. The van der Waals surface area contributed by atoms with E-state index in [0.717, 1.165) is 22.1 Å². The minimum Gasteiger partial charge on any atom is -0.495 e. The number of thiophene rings is 1. The zero-order valence-electron chi connectivity index (χ0n) is 13.5. The number of anilines is 1. The third-order valence-corrected chi connectivity index (χ3v) is 5.56. The van der Waals surface area contributed by atoms with Crippen LogP contribution >= 0.6 is 22.7 Å². The molecule has 0 aromatic carbocycles. The van der Waals surface area contributed by atoms with Crippen molar-refractivity contribution < 1.29 is 9.53 Å². The Bertz CT molecular complexity index is 662. The molecule has 0 aliphatic carbocycles. The van der Waals surface area contributed by atoms with Crippen molar-refractivity contribution in [2.24, 2.45) is 0 Å². The fourth-order valence-electron chi connectivity index (χ4n) is 2.01. The molecule has 0 bridgehead atoms. The molecule has 1 N–H and O–H groups in total. The highest BCUT2D eigenvalue weighted by Gasteiger charge is 2.16. The third kappa shape index (κ3) is 3.78. The zero-order valence-corrected chi connectivity index (χ0v) is 15.2. The van der Waals surface area contributed by atoms with Gasteiger partial charge in [-0.1, -0.05) is 0 Å². The fourth-order valence-corrected chi connectivity index (χ4v) is 3.89. The van der Waals surface area contributed by atoms with Crippen molar-refractivity contribution in [3.63, 3.8) is 0 Å². The number of carbonyl (C=O) groups excluding carboxylic acids is 1. The molecular formula is C15H21N3O2S2. The predicted molar refractivity (Wildman–Crippen MR) is 92.8 cm³/mol. The number of hydrogen-bond acceptors (Lipinski definition) is 6. The summed E-state index contributed by atoms with van der Waals surface area (Å²) >= 11 is 3.12. The maximum Gasteiger partial charge on any atom is 0.265 e. The Balaban J connectivity index is 1.94. The van der Waals surface area contributed by atoms with E-state index in [9.17, 15) is 4.79 Å². The molecule has 2 aromatic rings. The molecule has 0 saturated heterocycles. The van der Waals surface area contributed by atoms with E-state index in [1.165, 1.54) is 16.2 Å². The highest BCUT2D eigenvalue weighted by atomic mass is 32.1. The van der Waals surface area contributed by atoms with Crippen LogP contribution < -0.4 is 15.0 Å². The van der Waals surface area contributed by atoms with Crippen molar-refractivity contribution in [3.8, 4) is 5.75 Å². The summed E-state index contributed by atoms with van der Waals surface area (Å²) in [6.07, 6.45) is 0.787. The fraction of sp³-hybridized carbons (Fsp3) is 0.467.